The molecule has 2 aliphatic rings. The van der Waals surface area contributed by atoms with E-state index in [2.05, 4.69) is 35.2 Å². The first-order chi connectivity index (χ1) is 11.7. The molecule has 0 radical (unpaired) electrons. The van der Waals surface area contributed by atoms with Crippen LogP contribution < -0.4 is 10.1 Å². The highest BCUT2D eigenvalue weighted by atomic mass is 16.5. The van der Waals surface area contributed by atoms with Crippen LogP contribution in [0.5, 0.6) is 5.88 Å². The largest absolute Gasteiger partial charge is 0.474 e. The number of hydrogen-bond donors (Lipinski definition) is 1. The quantitative estimate of drug-likeness (QED) is 0.866. The van der Waals surface area contributed by atoms with Crippen LogP contribution in [0.15, 0.2) is 18.3 Å². The van der Waals surface area contributed by atoms with Crippen LogP contribution in [0.1, 0.15) is 39.0 Å². The predicted molar refractivity (Wildman–Crippen MR) is 96.6 cm³/mol. The molecule has 2 aliphatic heterocycles. The molecule has 134 valence electrons. The van der Waals surface area contributed by atoms with Crippen LogP contribution in [0.4, 0.5) is 5.69 Å². The van der Waals surface area contributed by atoms with E-state index >= 15 is 0 Å². The van der Waals surface area contributed by atoms with E-state index in [0.29, 0.717) is 12.1 Å². The number of nitrogens with one attached hydrogen (secondary N) is 1. The lowest BCUT2D eigenvalue weighted by Crippen LogP contribution is -2.35. The van der Waals surface area contributed by atoms with Gasteiger partial charge in [0.25, 0.3) is 0 Å². The molecule has 1 atom stereocenters. The van der Waals surface area contributed by atoms with Gasteiger partial charge in [0.1, 0.15) is 6.10 Å². The average Bonchev–Trinajstić information content (AvgIpc) is 2.59. The van der Waals surface area contributed by atoms with Crippen molar-refractivity contribution in [1.82, 2.24) is 9.88 Å². The summed E-state index contributed by atoms with van der Waals surface area (Å²) < 4.78 is 11.4. The highest BCUT2D eigenvalue weighted by molar-refractivity contribution is 5.42. The molecule has 1 aromatic rings. The Hall–Kier alpha value is -1.33. The summed E-state index contributed by atoms with van der Waals surface area (Å²) in [7, 11) is 2.16. The first-order valence-electron chi connectivity index (χ1n) is 9.34. The number of hydrogen-bond acceptors (Lipinski definition) is 5. The van der Waals surface area contributed by atoms with Gasteiger partial charge in [0.15, 0.2) is 0 Å². The molecule has 2 fully saturated rings. The Morgan fingerprint density at radius 2 is 2.00 bits per heavy atom. The molecule has 1 unspecified atom stereocenters. The molecule has 3 heterocycles. The minimum absolute atomic E-state index is 0.306. The molecule has 0 bridgehead atoms. The summed E-state index contributed by atoms with van der Waals surface area (Å²) in [5.74, 6) is 1.52. The normalized spacial score (nSPS) is 22.2. The Kier molecular flexibility index (Phi) is 6.32. The molecule has 0 aliphatic carbocycles. The van der Waals surface area contributed by atoms with Crippen molar-refractivity contribution >= 4 is 5.69 Å². The van der Waals surface area contributed by atoms with Crippen LogP contribution in [0.2, 0.25) is 0 Å². The zero-order valence-corrected chi connectivity index (χ0v) is 15.0. The summed E-state index contributed by atoms with van der Waals surface area (Å²) in [4.78, 5) is 6.82. The molecule has 0 amide bonds. The minimum atomic E-state index is 0.306. The molecule has 2 saturated heterocycles. The SMILES string of the molecule is CC(CC1CCOCC1)Nc1ccc(OC2CCN(C)CC2)nc1. The molecule has 0 aromatic carbocycles. The van der Waals surface area contributed by atoms with Gasteiger partial charge >= 0.3 is 0 Å². The summed E-state index contributed by atoms with van der Waals surface area (Å²) in [5.41, 5.74) is 1.07. The fraction of sp³-hybridized carbons (Fsp3) is 0.737. The van der Waals surface area contributed by atoms with Crippen molar-refractivity contribution in [2.24, 2.45) is 5.92 Å². The van der Waals surface area contributed by atoms with Gasteiger partial charge in [-0.25, -0.2) is 4.98 Å². The first kappa shape index (κ1) is 17.5. The molecule has 24 heavy (non-hydrogen) atoms. The zero-order chi connectivity index (χ0) is 16.8. The van der Waals surface area contributed by atoms with E-state index in [1.54, 1.807) is 0 Å². The van der Waals surface area contributed by atoms with Crippen molar-refractivity contribution in [3.05, 3.63) is 18.3 Å². The first-order valence-corrected chi connectivity index (χ1v) is 9.34. The van der Waals surface area contributed by atoms with E-state index in [0.717, 1.165) is 56.6 Å². The van der Waals surface area contributed by atoms with E-state index in [1.807, 2.05) is 12.3 Å². The van der Waals surface area contributed by atoms with Crippen molar-refractivity contribution in [3.8, 4) is 5.88 Å². The molecule has 5 nitrogen and oxygen atoms in total. The van der Waals surface area contributed by atoms with Gasteiger partial charge in [-0.1, -0.05) is 0 Å². The lowest BCUT2D eigenvalue weighted by molar-refractivity contribution is 0.0629. The molecule has 1 N–H and O–H groups in total. The Morgan fingerprint density at radius 3 is 2.67 bits per heavy atom. The van der Waals surface area contributed by atoms with Crippen molar-refractivity contribution in [2.75, 3.05) is 38.7 Å². The number of pyridine rings is 1. The van der Waals surface area contributed by atoms with Gasteiger partial charge in [0.2, 0.25) is 5.88 Å². The fourth-order valence-corrected chi connectivity index (χ4v) is 3.63. The van der Waals surface area contributed by atoms with Crippen molar-refractivity contribution in [3.63, 3.8) is 0 Å². The predicted octanol–water partition coefficient (Wildman–Crippen LogP) is 3.17. The number of nitrogens with zero attached hydrogens (tertiary/aromatic N) is 2. The molecule has 1 aromatic heterocycles. The number of likely N-dealkylation sites (tertiary alicyclic amines) is 1. The second-order valence-corrected chi connectivity index (χ2v) is 7.34. The van der Waals surface area contributed by atoms with Crippen LogP contribution in [0.25, 0.3) is 0 Å². The van der Waals surface area contributed by atoms with Gasteiger partial charge in [-0.15, -0.1) is 0 Å². The average molecular weight is 333 g/mol. The molecule has 5 heteroatoms. The van der Waals surface area contributed by atoms with Crippen LogP contribution in [0, 0.1) is 5.92 Å². The molecule has 0 spiro atoms. The Balaban J connectivity index is 1.43. The van der Waals surface area contributed by atoms with Crippen molar-refractivity contribution in [1.29, 1.82) is 0 Å². The third kappa shape index (κ3) is 5.35. The maximum atomic E-state index is 6.01. The standard InChI is InChI=1S/C19H31N3O2/c1-15(13-16-7-11-23-12-8-16)21-17-3-4-19(20-14-17)24-18-5-9-22(2)10-6-18/h3-4,14-16,18,21H,5-13H2,1-2H3. The molecular weight excluding hydrogens is 302 g/mol. The van der Waals surface area contributed by atoms with Gasteiger partial charge in [-0.05, 0) is 58.1 Å². The summed E-state index contributed by atoms with van der Waals surface area (Å²) in [5, 5.41) is 3.56. The van der Waals surface area contributed by atoms with Gasteiger partial charge in [0, 0.05) is 38.4 Å². The highest BCUT2D eigenvalue weighted by Crippen LogP contribution is 2.23. The van der Waals surface area contributed by atoms with Crippen molar-refractivity contribution in [2.45, 2.75) is 51.2 Å². The van der Waals surface area contributed by atoms with Gasteiger partial charge < -0.3 is 19.7 Å². The lowest BCUT2D eigenvalue weighted by atomic mass is 9.93. The zero-order valence-electron chi connectivity index (χ0n) is 15.0. The maximum absolute atomic E-state index is 6.01. The van der Waals surface area contributed by atoms with E-state index in [1.165, 1.54) is 19.3 Å². The van der Waals surface area contributed by atoms with Crippen LogP contribution in [-0.2, 0) is 4.74 Å². The third-order valence-corrected chi connectivity index (χ3v) is 5.13. The summed E-state index contributed by atoms with van der Waals surface area (Å²) >= 11 is 0. The molecule has 0 saturated carbocycles. The van der Waals surface area contributed by atoms with E-state index in [-0.39, 0.29) is 0 Å². The van der Waals surface area contributed by atoms with E-state index in [4.69, 9.17) is 9.47 Å². The molecule has 3 rings (SSSR count). The number of anilines is 1. The Labute approximate surface area is 145 Å². The van der Waals surface area contributed by atoms with Crippen molar-refractivity contribution < 1.29 is 9.47 Å². The van der Waals surface area contributed by atoms with Crippen LogP contribution in [0.3, 0.4) is 0 Å². The number of aromatic nitrogens is 1. The second kappa shape index (κ2) is 8.67. The minimum Gasteiger partial charge on any atom is -0.474 e. The second-order valence-electron chi connectivity index (χ2n) is 7.34. The van der Waals surface area contributed by atoms with E-state index in [9.17, 15) is 0 Å². The summed E-state index contributed by atoms with van der Waals surface area (Å²) in [6.45, 7) is 6.30. The fourth-order valence-electron chi connectivity index (χ4n) is 3.63. The maximum Gasteiger partial charge on any atom is 0.213 e. The molecular formula is C19H31N3O2. The van der Waals surface area contributed by atoms with Crippen LogP contribution >= 0.6 is 0 Å². The third-order valence-electron chi connectivity index (χ3n) is 5.13. The van der Waals surface area contributed by atoms with E-state index < -0.39 is 0 Å². The highest BCUT2D eigenvalue weighted by Gasteiger charge is 2.19. The number of piperidine rings is 1. The lowest BCUT2D eigenvalue weighted by Gasteiger charge is -2.29. The Bertz CT molecular complexity index is 480. The van der Waals surface area contributed by atoms with Gasteiger partial charge in [0.05, 0.1) is 11.9 Å². The van der Waals surface area contributed by atoms with Gasteiger partial charge in [-0.3, -0.25) is 0 Å². The van der Waals surface area contributed by atoms with Crippen LogP contribution in [-0.4, -0.2) is 55.4 Å². The topological polar surface area (TPSA) is 46.6 Å². The smallest absolute Gasteiger partial charge is 0.213 e. The summed E-state index contributed by atoms with van der Waals surface area (Å²) in [6, 6.07) is 4.52. The monoisotopic (exact) mass is 333 g/mol. The Morgan fingerprint density at radius 1 is 1.25 bits per heavy atom. The number of ether oxygens (including phenoxy) is 2. The van der Waals surface area contributed by atoms with Gasteiger partial charge in [-0.2, -0.15) is 0 Å². The number of rotatable bonds is 6. The summed E-state index contributed by atoms with van der Waals surface area (Å²) in [6.07, 6.45) is 7.93.